The van der Waals surface area contributed by atoms with E-state index in [2.05, 4.69) is 89.9 Å². The molecule has 34 heavy (non-hydrogen) atoms. The second-order valence-corrected chi connectivity index (χ2v) is 9.15. The summed E-state index contributed by atoms with van der Waals surface area (Å²) < 4.78 is 0. The number of carbonyl (C=O) groups is 1. The molecule has 3 nitrogen and oxygen atoms in total. The van der Waals surface area contributed by atoms with Gasteiger partial charge in [-0.05, 0) is 53.3 Å². The Morgan fingerprint density at radius 2 is 1.44 bits per heavy atom. The van der Waals surface area contributed by atoms with E-state index in [-0.39, 0.29) is 11.9 Å². The molecule has 5 rings (SSSR count). The van der Waals surface area contributed by atoms with Crippen molar-refractivity contribution in [3.05, 3.63) is 142 Å². The number of benzene rings is 4. The zero-order valence-corrected chi connectivity index (χ0v) is 19.6. The molecule has 0 radical (unpaired) electrons. The summed E-state index contributed by atoms with van der Waals surface area (Å²) in [5.41, 5.74) is 8.15. The van der Waals surface area contributed by atoms with E-state index in [9.17, 15) is 4.79 Å². The highest BCUT2D eigenvalue weighted by molar-refractivity contribution is 5.94. The molecule has 1 amide bonds. The van der Waals surface area contributed by atoms with Crippen LogP contribution in [0.25, 0.3) is 0 Å². The number of carbonyl (C=O) groups excluding carboxylic acids is 1. The van der Waals surface area contributed by atoms with Crippen molar-refractivity contribution in [3.63, 3.8) is 0 Å². The Balaban J connectivity index is 1.28. The Labute approximate surface area is 202 Å². The molecule has 4 aromatic rings. The Morgan fingerprint density at radius 3 is 2.18 bits per heavy atom. The summed E-state index contributed by atoms with van der Waals surface area (Å²) in [6, 6.07) is 35.1. The smallest absolute Gasteiger partial charge is 0.252 e. The summed E-state index contributed by atoms with van der Waals surface area (Å²) in [6.07, 6.45) is 1.09. The average Bonchev–Trinajstić information content (AvgIpc) is 2.89. The van der Waals surface area contributed by atoms with Gasteiger partial charge in [-0.25, -0.2) is 0 Å². The largest absolute Gasteiger partial charge is 0.341 e. The topological polar surface area (TPSA) is 32.3 Å². The minimum absolute atomic E-state index is 0.0622. The lowest BCUT2D eigenvalue weighted by Gasteiger charge is -2.28. The summed E-state index contributed by atoms with van der Waals surface area (Å²) in [5, 5.41) is 3.25. The molecule has 0 unspecified atom stereocenters. The lowest BCUT2D eigenvalue weighted by atomic mass is 9.97. The number of aryl methyl sites for hydroxylation is 1. The van der Waals surface area contributed by atoms with Crippen molar-refractivity contribution in [1.29, 1.82) is 0 Å². The molecule has 0 saturated carbocycles. The molecule has 1 N–H and O–H groups in total. The zero-order chi connectivity index (χ0) is 23.3. The minimum atomic E-state index is -0.192. The first-order chi connectivity index (χ1) is 16.7. The van der Waals surface area contributed by atoms with Crippen molar-refractivity contribution in [2.45, 2.75) is 32.5 Å². The SMILES string of the molecule is Cc1ccc([C@H](NC(=O)c2ccc(CN3CCc4ccccc4C3)cc2)c2ccccc2)cc1. The van der Waals surface area contributed by atoms with Gasteiger partial charge in [-0.2, -0.15) is 0 Å². The van der Waals surface area contributed by atoms with Crippen molar-refractivity contribution in [2.24, 2.45) is 0 Å². The van der Waals surface area contributed by atoms with Crippen LogP contribution in [0.2, 0.25) is 0 Å². The highest BCUT2D eigenvalue weighted by Gasteiger charge is 2.19. The van der Waals surface area contributed by atoms with Gasteiger partial charge >= 0.3 is 0 Å². The molecule has 1 heterocycles. The molecule has 0 spiro atoms. The third-order valence-electron chi connectivity index (χ3n) is 6.65. The van der Waals surface area contributed by atoms with Gasteiger partial charge in [-0.15, -0.1) is 0 Å². The molecule has 0 aromatic heterocycles. The predicted molar refractivity (Wildman–Crippen MR) is 138 cm³/mol. The van der Waals surface area contributed by atoms with Crippen LogP contribution in [0.1, 0.15) is 49.8 Å². The van der Waals surface area contributed by atoms with E-state index in [1.54, 1.807) is 0 Å². The van der Waals surface area contributed by atoms with E-state index in [1.165, 1.54) is 22.3 Å². The molecular formula is C31H30N2O. The molecule has 1 aliphatic heterocycles. The minimum Gasteiger partial charge on any atom is -0.341 e. The standard InChI is InChI=1S/C31H30N2O/c1-23-11-15-27(16-12-23)30(26-8-3-2-4-9-26)32-31(34)28-17-13-24(14-18-28)21-33-20-19-25-7-5-6-10-29(25)22-33/h2-18,30H,19-22H2,1H3,(H,32,34)/t30-/m1/s1. The molecule has 1 aliphatic rings. The van der Waals surface area contributed by atoms with Gasteiger partial charge in [0.15, 0.2) is 0 Å². The van der Waals surface area contributed by atoms with Crippen LogP contribution in [0.15, 0.2) is 103 Å². The second-order valence-electron chi connectivity index (χ2n) is 9.15. The zero-order valence-electron chi connectivity index (χ0n) is 19.6. The molecular weight excluding hydrogens is 416 g/mol. The van der Waals surface area contributed by atoms with Crippen LogP contribution in [-0.4, -0.2) is 17.4 Å². The fourth-order valence-electron chi connectivity index (χ4n) is 4.69. The third kappa shape index (κ3) is 5.11. The van der Waals surface area contributed by atoms with Crippen molar-refractivity contribution in [3.8, 4) is 0 Å². The lowest BCUT2D eigenvalue weighted by Crippen LogP contribution is -2.30. The highest BCUT2D eigenvalue weighted by atomic mass is 16.1. The van der Waals surface area contributed by atoms with Gasteiger partial charge in [0.25, 0.3) is 5.91 Å². The van der Waals surface area contributed by atoms with Crippen molar-refractivity contribution < 1.29 is 4.79 Å². The van der Waals surface area contributed by atoms with Crippen LogP contribution in [0, 0.1) is 6.92 Å². The molecule has 170 valence electrons. The number of amides is 1. The number of fused-ring (bicyclic) bond motifs is 1. The number of hydrogen-bond donors (Lipinski definition) is 1. The highest BCUT2D eigenvalue weighted by Crippen LogP contribution is 2.24. The fraction of sp³-hybridized carbons (Fsp3) is 0.194. The maximum absolute atomic E-state index is 13.2. The normalized spacial score (nSPS) is 14.3. The first-order valence-corrected chi connectivity index (χ1v) is 12.0. The Bertz CT molecular complexity index is 1250. The second kappa shape index (κ2) is 10.1. The molecule has 0 aliphatic carbocycles. The van der Waals surface area contributed by atoms with Crippen LogP contribution in [-0.2, 0) is 19.5 Å². The molecule has 4 aromatic carbocycles. The maximum Gasteiger partial charge on any atom is 0.252 e. The quantitative estimate of drug-likeness (QED) is 0.390. The first-order valence-electron chi connectivity index (χ1n) is 12.0. The van der Waals surface area contributed by atoms with E-state index in [4.69, 9.17) is 0 Å². The van der Waals surface area contributed by atoms with E-state index in [0.717, 1.165) is 37.2 Å². The van der Waals surface area contributed by atoms with Crippen LogP contribution in [0.5, 0.6) is 0 Å². The van der Waals surface area contributed by atoms with E-state index in [1.807, 2.05) is 30.3 Å². The lowest BCUT2D eigenvalue weighted by molar-refractivity contribution is 0.0943. The fourth-order valence-corrected chi connectivity index (χ4v) is 4.69. The van der Waals surface area contributed by atoms with Crippen LogP contribution in [0.3, 0.4) is 0 Å². The van der Waals surface area contributed by atoms with Crippen molar-refractivity contribution in [1.82, 2.24) is 10.2 Å². The molecule has 0 bridgehead atoms. The van der Waals surface area contributed by atoms with Gasteiger partial charge in [0.2, 0.25) is 0 Å². The van der Waals surface area contributed by atoms with Gasteiger partial charge in [0.05, 0.1) is 6.04 Å². The van der Waals surface area contributed by atoms with E-state index < -0.39 is 0 Å². The van der Waals surface area contributed by atoms with E-state index in [0.29, 0.717) is 5.56 Å². The van der Waals surface area contributed by atoms with Gasteiger partial charge < -0.3 is 5.32 Å². The Kier molecular flexibility index (Phi) is 6.55. The number of nitrogens with zero attached hydrogens (tertiary/aromatic N) is 1. The summed E-state index contributed by atoms with van der Waals surface area (Å²) in [5.74, 6) is -0.0622. The van der Waals surface area contributed by atoms with Crippen molar-refractivity contribution in [2.75, 3.05) is 6.54 Å². The van der Waals surface area contributed by atoms with Crippen LogP contribution in [0.4, 0.5) is 0 Å². The number of nitrogens with one attached hydrogen (secondary N) is 1. The van der Waals surface area contributed by atoms with Gasteiger partial charge in [0.1, 0.15) is 0 Å². The molecule has 0 fully saturated rings. The first kappa shape index (κ1) is 22.1. The Hall–Kier alpha value is -3.69. The van der Waals surface area contributed by atoms with Gasteiger partial charge in [-0.3, -0.25) is 9.69 Å². The van der Waals surface area contributed by atoms with Crippen molar-refractivity contribution >= 4 is 5.91 Å². The van der Waals surface area contributed by atoms with Crippen LogP contribution < -0.4 is 5.32 Å². The third-order valence-corrected chi connectivity index (χ3v) is 6.65. The number of rotatable bonds is 6. The maximum atomic E-state index is 13.2. The molecule has 1 atom stereocenters. The predicted octanol–water partition coefficient (Wildman–Crippen LogP) is 6.07. The van der Waals surface area contributed by atoms with Gasteiger partial charge in [-0.1, -0.05) is 96.6 Å². The van der Waals surface area contributed by atoms with E-state index >= 15 is 0 Å². The summed E-state index contributed by atoms with van der Waals surface area (Å²) >= 11 is 0. The Morgan fingerprint density at radius 1 is 0.794 bits per heavy atom. The average molecular weight is 447 g/mol. The van der Waals surface area contributed by atoms with Crippen LogP contribution >= 0.6 is 0 Å². The summed E-state index contributed by atoms with van der Waals surface area (Å²) in [7, 11) is 0. The molecule has 3 heteroatoms. The summed E-state index contributed by atoms with van der Waals surface area (Å²) in [6.45, 7) is 5.01. The summed E-state index contributed by atoms with van der Waals surface area (Å²) in [4.78, 5) is 15.7. The molecule has 0 saturated heterocycles. The van der Waals surface area contributed by atoms with Gasteiger partial charge in [0, 0.05) is 25.2 Å². The monoisotopic (exact) mass is 446 g/mol. The number of hydrogen-bond acceptors (Lipinski definition) is 2.